The van der Waals surface area contributed by atoms with Crippen molar-refractivity contribution >= 4 is 57.3 Å². The lowest BCUT2D eigenvalue weighted by atomic mass is 10.0. The number of carbonyl (C=O) groups excluding carboxylic acids is 4. The van der Waals surface area contributed by atoms with Crippen molar-refractivity contribution in [3.05, 3.63) is 94.8 Å². The minimum atomic E-state index is -0.869. The lowest BCUT2D eigenvalue weighted by Gasteiger charge is -2.30. The Morgan fingerprint density at radius 3 is 2.05 bits per heavy atom. The summed E-state index contributed by atoms with van der Waals surface area (Å²) in [5.74, 6) is -0.233. The van der Waals surface area contributed by atoms with E-state index in [2.05, 4.69) is 70.8 Å². The van der Waals surface area contributed by atoms with Crippen LogP contribution >= 0.6 is 0 Å². The average molecular weight is 822 g/mol. The van der Waals surface area contributed by atoms with Crippen LogP contribution in [0.1, 0.15) is 94.2 Å². The number of nitrogens with two attached hydrogens (primary N) is 1. The Kier molecular flexibility index (Phi) is 14.2. The maximum absolute atomic E-state index is 13.0. The van der Waals surface area contributed by atoms with Crippen molar-refractivity contribution in [3.8, 4) is 0 Å². The molecule has 0 spiro atoms. The standard InChI is InChI=1S/C46H60N8O6/c1-11-12-13-37-51-39-40(35-23-20-33(44(57)59-10)24-36(35)50-41(39)47)53(37)25-30-14-16-31(17-15-30)26-54(8,9)27-32-18-21-34(22-19-32)49-42(55)29(4)48-43(56)38(28(2)3)52-45(58)60-46(5,6)7/h14-24,28-29,38H,11-13,25-27H2,1-10H3,(H4-,47,48,49,50,52,55,56,58)/p+1/t29-,38-/m0/s1. The Bertz CT molecular complexity index is 2330. The summed E-state index contributed by atoms with van der Waals surface area (Å²) in [6.45, 7) is 14.8. The Hall–Kier alpha value is -6.02. The van der Waals surface area contributed by atoms with Crippen molar-refractivity contribution < 1.29 is 33.1 Å². The van der Waals surface area contributed by atoms with Gasteiger partial charge in [0, 0.05) is 35.2 Å². The number of carbonyl (C=O) groups is 4. The zero-order valence-electron chi connectivity index (χ0n) is 36.6. The number of anilines is 2. The van der Waals surface area contributed by atoms with Crippen LogP contribution in [0.15, 0.2) is 66.7 Å². The van der Waals surface area contributed by atoms with Crippen LogP contribution in [-0.4, -0.2) is 81.8 Å². The fourth-order valence-corrected chi connectivity index (χ4v) is 7.16. The van der Waals surface area contributed by atoms with Crippen molar-refractivity contribution in [2.24, 2.45) is 5.92 Å². The molecule has 60 heavy (non-hydrogen) atoms. The molecule has 0 aliphatic heterocycles. The molecule has 0 aliphatic rings. The molecule has 5 rings (SSSR count). The van der Waals surface area contributed by atoms with Gasteiger partial charge in [0.05, 0.1) is 37.8 Å². The van der Waals surface area contributed by atoms with Gasteiger partial charge in [0.1, 0.15) is 42.1 Å². The molecule has 0 bridgehead atoms. The van der Waals surface area contributed by atoms with Crippen molar-refractivity contribution in [1.82, 2.24) is 25.2 Å². The number of fused-ring (bicyclic) bond motifs is 3. The molecule has 0 aliphatic carbocycles. The van der Waals surface area contributed by atoms with Crippen LogP contribution in [0.25, 0.3) is 21.9 Å². The number of amides is 3. The number of benzene rings is 3. The molecular formula is C46H61N8O6+. The van der Waals surface area contributed by atoms with Gasteiger partial charge in [-0.2, -0.15) is 0 Å². The van der Waals surface area contributed by atoms with E-state index in [4.69, 9.17) is 20.2 Å². The number of imidazole rings is 1. The second-order valence-electron chi connectivity index (χ2n) is 17.5. The number of unbranched alkanes of at least 4 members (excludes halogenated alkanes) is 1. The molecule has 3 aromatic carbocycles. The summed E-state index contributed by atoms with van der Waals surface area (Å²) in [4.78, 5) is 60.2. The highest BCUT2D eigenvalue weighted by Crippen LogP contribution is 2.31. The van der Waals surface area contributed by atoms with E-state index in [9.17, 15) is 19.2 Å². The Labute approximate surface area is 352 Å². The number of hydrogen-bond acceptors (Lipinski definition) is 9. The van der Waals surface area contributed by atoms with Gasteiger partial charge in [-0.25, -0.2) is 19.6 Å². The molecular weight excluding hydrogens is 761 g/mol. The zero-order chi connectivity index (χ0) is 43.9. The van der Waals surface area contributed by atoms with E-state index >= 15 is 0 Å². The van der Waals surface area contributed by atoms with Crippen LogP contribution in [0.4, 0.5) is 16.3 Å². The number of nitrogen functional groups attached to an aromatic ring is 1. The van der Waals surface area contributed by atoms with E-state index in [-0.39, 0.29) is 11.8 Å². The molecule has 320 valence electrons. The minimum absolute atomic E-state index is 0.229. The number of nitrogens with one attached hydrogen (secondary N) is 3. The number of alkyl carbamates (subject to hydrolysis) is 1. The molecule has 14 nitrogen and oxygen atoms in total. The molecule has 5 aromatic rings. The molecule has 0 unspecified atom stereocenters. The van der Waals surface area contributed by atoms with Crippen molar-refractivity contribution in [3.63, 3.8) is 0 Å². The normalized spacial score (nSPS) is 12.9. The van der Waals surface area contributed by atoms with Gasteiger partial charge in [0.15, 0.2) is 5.82 Å². The number of pyridine rings is 1. The maximum atomic E-state index is 13.0. The predicted octanol–water partition coefficient (Wildman–Crippen LogP) is 7.11. The van der Waals surface area contributed by atoms with Gasteiger partial charge in [-0.15, -0.1) is 0 Å². The predicted molar refractivity (Wildman–Crippen MR) is 235 cm³/mol. The molecule has 2 aromatic heterocycles. The van der Waals surface area contributed by atoms with E-state index in [1.54, 1.807) is 39.8 Å². The lowest BCUT2D eigenvalue weighted by molar-refractivity contribution is -0.916. The third-order valence-corrected chi connectivity index (χ3v) is 10.1. The number of esters is 1. The van der Waals surface area contributed by atoms with Crippen LogP contribution in [0.3, 0.4) is 0 Å². The molecule has 2 atom stereocenters. The maximum Gasteiger partial charge on any atom is 0.408 e. The van der Waals surface area contributed by atoms with Crippen LogP contribution in [0, 0.1) is 5.92 Å². The van der Waals surface area contributed by atoms with Gasteiger partial charge in [-0.1, -0.05) is 63.6 Å². The van der Waals surface area contributed by atoms with Crippen molar-refractivity contribution in [2.75, 3.05) is 32.3 Å². The number of hydrogen-bond donors (Lipinski definition) is 4. The number of methoxy groups -OCH3 is 1. The largest absolute Gasteiger partial charge is 0.465 e. The average Bonchev–Trinajstić information content (AvgIpc) is 3.54. The fraction of sp³-hybridized carbons (Fsp3) is 0.435. The van der Waals surface area contributed by atoms with Crippen LogP contribution < -0.4 is 21.7 Å². The Morgan fingerprint density at radius 1 is 0.850 bits per heavy atom. The highest BCUT2D eigenvalue weighted by Gasteiger charge is 2.29. The number of quaternary nitrogens is 1. The highest BCUT2D eigenvalue weighted by atomic mass is 16.6. The second kappa shape index (κ2) is 18.9. The lowest BCUT2D eigenvalue weighted by Crippen LogP contribution is -2.54. The third kappa shape index (κ3) is 11.6. The van der Waals surface area contributed by atoms with E-state index in [0.717, 1.165) is 60.2 Å². The number of rotatable bonds is 16. The third-order valence-electron chi connectivity index (χ3n) is 10.1. The number of ether oxygens (including phenoxy) is 2. The first-order valence-electron chi connectivity index (χ1n) is 20.5. The molecule has 0 saturated heterocycles. The SMILES string of the molecule is CCCCc1nc2c(N)nc3cc(C(=O)OC)ccc3c2n1Cc1ccc(C[N+](C)(C)Cc2ccc(NC(=O)[C@H](C)NC(=O)[C@@H](NC(=O)OC(C)(C)C)C(C)C)cc2)cc1. The summed E-state index contributed by atoms with van der Waals surface area (Å²) in [5.41, 5.74) is 12.4. The van der Waals surface area contributed by atoms with E-state index in [0.29, 0.717) is 39.1 Å². The summed E-state index contributed by atoms with van der Waals surface area (Å²) >= 11 is 0. The number of aromatic nitrogens is 3. The highest BCUT2D eigenvalue weighted by molar-refractivity contribution is 6.08. The van der Waals surface area contributed by atoms with Gasteiger partial charge in [0.2, 0.25) is 11.8 Å². The van der Waals surface area contributed by atoms with Crippen LogP contribution in [-0.2, 0) is 45.1 Å². The molecule has 0 fully saturated rings. The van der Waals surface area contributed by atoms with Crippen LogP contribution in [0.2, 0.25) is 0 Å². The summed E-state index contributed by atoms with van der Waals surface area (Å²) in [7, 11) is 5.72. The Balaban J connectivity index is 1.21. The summed E-state index contributed by atoms with van der Waals surface area (Å²) in [5, 5.41) is 9.08. The first kappa shape index (κ1) is 45.1. The summed E-state index contributed by atoms with van der Waals surface area (Å²) in [6, 6.07) is 20.0. The quantitative estimate of drug-likeness (QED) is 0.0596. The molecule has 0 radical (unpaired) electrons. The van der Waals surface area contributed by atoms with Crippen molar-refractivity contribution in [1.29, 1.82) is 0 Å². The van der Waals surface area contributed by atoms with Crippen LogP contribution in [0.5, 0.6) is 0 Å². The first-order valence-corrected chi connectivity index (χ1v) is 20.5. The summed E-state index contributed by atoms with van der Waals surface area (Å²) < 4.78 is 13.2. The molecule has 5 N–H and O–H groups in total. The Morgan fingerprint density at radius 2 is 1.47 bits per heavy atom. The van der Waals surface area contributed by atoms with Gasteiger partial charge < -0.3 is 40.2 Å². The van der Waals surface area contributed by atoms with Crippen molar-refractivity contribution in [2.45, 2.75) is 105 Å². The monoisotopic (exact) mass is 821 g/mol. The van der Waals surface area contributed by atoms with Gasteiger partial charge in [0.25, 0.3) is 0 Å². The minimum Gasteiger partial charge on any atom is -0.465 e. The molecule has 14 heteroatoms. The van der Waals surface area contributed by atoms with Gasteiger partial charge >= 0.3 is 12.1 Å². The number of aryl methyl sites for hydroxylation is 1. The molecule has 3 amide bonds. The van der Waals surface area contributed by atoms with Gasteiger partial charge in [-0.05, 0) is 75.9 Å². The summed E-state index contributed by atoms with van der Waals surface area (Å²) in [6.07, 6.45) is 2.12. The smallest absolute Gasteiger partial charge is 0.408 e. The topological polar surface area (TPSA) is 180 Å². The number of nitrogens with zero attached hydrogens (tertiary/aromatic N) is 4. The van der Waals surface area contributed by atoms with E-state index in [1.807, 2.05) is 44.2 Å². The van der Waals surface area contributed by atoms with E-state index < -0.39 is 35.7 Å². The molecule has 2 heterocycles. The fourth-order valence-electron chi connectivity index (χ4n) is 7.16. The molecule has 0 saturated carbocycles. The van der Waals surface area contributed by atoms with Gasteiger partial charge in [-0.3, -0.25) is 9.59 Å². The van der Waals surface area contributed by atoms with E-state index in [1.165, 1.54) is 12.7 Å². The zero-order valence-corrected chi connectivity index (χ0v) is 36.6. The first-order chi connectivity index (χ1) is 28.3. The second-order valence-corrected chi connectivity index (χ2v) is 17.5.